The lowest BCUT2D eigenvalue weighted by molar-refractivity contribution is -0.385. The summed E-state index contributed by atoms with van der Waals surface area (Å²) in [6, 6.07) is 4.28. The van der Waals surface area contributed by atoms with E-state index in [2.05, 4.69) is 4.74 Å². The molecule has 0 heterocycles. The van der Waals surface area contributed by atoms with Crippen molar-refractivity contribution in [3.8, 4) is 0 Å². The van der Waals surface area contributed by atoms with Crippen LogP contribution in [0, 0.1) is 10.1 Å². The number of nitro groups is 1. The van der Waals surface area contributed by atoms with Gasteiger partial charge in [0.05, 0.1) is 22.6 Å². The fourth-order valence-electron chi connectivity index (χ4n) is 1.31. The third kappa shape index (κ3) is 3.31. The van der Waals surface area contributed by atoms with E-state index in [0.717, 1.165) is 0 Å². The number of hydrogen-bond donors (Lipinski definition) is 0. The van der Waals surface area contributed by atoms with Crippen molar-refractivity contribution in [2.75, 3.05) is 7.11 Å². The molecule has 92 valence electrons. The number of esters is 1. The molecule has 5 nitrogen and oxygen atoms in total. The topological polar surface area (TPSA) is 69.4 Å². The number of methoxy groups -OCH3 is 1. The zero-order valence-electron chi connectivity index (χ0n) is 8.85. The smallest absolute Gasteiger partial charge is 0.324 e. The van der Waals surface area contributed by atoms with Gasteiger partial charge < -0.3 is 4.74 Å². The fourth-order valence-corrected chi connectivity index (χ4v) is 1.80. The van der Waals surface area contributed by atoms with Crippen LogP contribution in [0.2, 0.25) is 5.02 Å². The first-order valence-electron chi connectivity index (χ1n) is 4.61. The fraction of sp³-hybridized carbons (Fsp3) is 0.300. The summed E-state index contributed by atoms with van der Waals surface area (Å²) in [5, 5.41) is 9.98. The average molecular weight is 278 g/mol. The summed E-state index contributed by atoms with van der Waals surface area (Å²) in [5.41, 5.74) is 0.0663. The van der Waals surface area contributed by atoms with E-state index >= 15 is 0 Å². The molecule has 17 heavy (non-hydrogen) atoms. The van der Waals surface area contributed by atoms with E-state index in [1.54, 1.807) is 0 Å². The van der Waals surface area contributed by atoms with E-state index in [-0.39, 0.29) is 22.7 Å². The molecule has 1 atom stereocenters. The van der Waals surface area contributed by atoms with Crippen LogP contribution in [0.3, 0.4) is 0 Å². The Morgan fingerprint density at radius 3 is 2.76 bits per heavy atom. The summed E-state index contributed by atoms with van der Waals surface area (Å²) >= 11 is 11.6. The number of nitro benzene ring substituents is 1. The Bertz CT molecular complexity index is 450. The molecule has 0 spiro atoms. The van der Waals surface area contributed by atoms with E-state index < -0.39 is 16.3 Å². The lowest BCUT2D eigenvalue weighted by atomic mass is 10.1. The predicted molar refractivity (Wildman–Crippen MR) is 63.5 cm³/mol. The Kier molecular flexibility index (Phi) is 4.72. The Morgan fingerprint density at radius 1 is 1.59 bits per heavy atom. The summed E-state index contributed by atoms with van der Waals surface area (Å²) in [7, 11) is 1.19. The minimum absolute atomic E-state index is 0.0514. The van der Waals surface area contributed by atoms with Crippen LogP contribution >= 0.6 is 23.2 Å². The van der Waals surface area contributed by atoms with Crippen LogP contribution in [0.15, 0.2) is 18.2 Å². The van der Waals surface area contributed by atoms with Gasteiger partial charge in [-0.15, -0.1) is 11.6 Å². The molecule has 0 aliphatic carbocycles. The number of halogens is 2. The van der Waals surface area contributed by atoms with Gasteiger partial charge >= 0.3 is 5.97 Å². The number of carbonyl (C=O) groups excluding carboxylic acids is 1. The predicted octanol–water partition coefficient (Wildman–Crippen LogP) is 2.57. The molecule has 1 unspecified atom stereocenters. The van der Waals surface area contributed by atoms with Gasteiger partial charge in [-0.1, -0.05) is 17.7 Å². The molecule has 0 radical (unpaired) electrons. The second kappa shape index (κ2) is 5.84. The van der Waals surface area contributed by atoms with Crippen molar-refractivity contribution in [2.45, 2.75) is 11.8 Å². The lowest BCUT2D eigenvalue weighted by Crippen LogP contribution is -2.19. The van der Waals surface area contributed by atoms with Gasteiger partial charge in [-0.05, 0) is 6.07 Å². The summed E-state index contributed by atoms with van der Waals surface area (Å²) in [6.07, 6.45) is -0.0514. The molecular weight excluding hydrogens is 269 g/mol. The number of alkyl halides is 1. The van der Waals surface area contributed by atoms with Gasteiger partial charge in [0.1, 0.15) is 5.38 Å². The molecule has 1 aromatic rings. The van der Waals surface area contributed by atoms with Crippen LogP contribution in [0.1, 0.15) is 5.56 Å². The van der Waals surface area contributed by atoms with Crippen LogP contribution in [0.25, 0.3) is 0 Å². The van der Waals surface area contributed by atoms with Crippen molar-refractivity contribution in [1.82, 2.24) is 0 Å². The molecule has 0 bridgehead atoms. The quantitative estimate of drug-likeness (QED) is 0.367. The first-order valence-corrected chi connectivity index (χ1v) is 5.42. The summed E-state index contributed by atoms with van der Waals surface area (Å²) in [5.74, 6) is -0.652. The van der Waals surface area contributed by atoms with E-state index in [1.807, 2.05) is 0 Å². The maximum absolute atomic E-state index is 11.1. The van der Waals surface area contributed by atoms with Crippen molar-refractivity contribution in [2.24, 2.45) is 0 Å². The van der Waals surface area contributed by atoms with Crippen LogP contribution in [-0.2, 0) is 16.0 Å². The first kappa shape index (κ1) is 13.7. The normalized spacial score (nSPS) is 11.9. The Balaban J connectivity index is 3.05. The molecule has 0 saturated carbocycles. The van der Waals surface area contributed by atoms with Crippen molar-refractivity contribution in [1.29, 1.82) is 0 Å². The molecule has 1 rings (SSSR count). The molecule has 0 aromatic heterocycles. The highest BCUT2D eigenvalue weighted by molar-refractivity contribution is 6.32. The number of carbonyl (C=O) groups is 1. The first-order chi connectivity index (χ1) is 7.97. The summed E-state index contributed by atoms with van der Waals surface area (Å²) < 4.78 is 4.44. The Morgan fingerprint density at radius 2 is 2.24 bits per heavy atom. The molecular formula is C10H9Cl2NO4. The van der Waals surface area contributed by atoms with Crippen LogP contribution in [0.4, 0.5) is 5.69 Å². The highest BCUT2D eigenvalue weighted by Gasteiger charge is 2.24. The molecule has 0 saturated heterocycles. The number of nitrogens with zero attached hydrogens (tertiary/aromatic N) is 1. The second-order valence-electron chi connectivity index (χ2n) is 3.19. The highest BCUT2D eigenvalue weighted by Crippen LogP contribution is 2.28. The number of rotatable bonds is 4. The standard InChI is InChI=1S/C10H9Cl2NO4/c1-17-10(14)8(12)5-6-7(11)3-2-4-9(6)13(15)16/h2-4,8H,5H2,1H3. The largest absolute Gasteiger partial charge is 0.468 e. The van der Waals surface area contributed by atoms with Crippen molar-refractivity contribution < 1.29 is 14.5 Å². The maximum Gasteiger partial charge on any atom is 0.324 e. The van der Waals surface area contributed by atoms with Gasteiger partial charge in [0.15, 0.2) is 0 Å². The van der Waals surface area contributed by atoms with Gasteiger partial charge in [-0.25, -0.2) is 0 Å². The Hall–Kier alpha value is -1.33. The summed E-state index contributed by atoms with van der Waals surface area (Å²) in [6.45, 7) is 0. The third-order valence-corrected chi connectivity index (χ3v) is 2.82. The van der Waals surface area contributed by atoms with Crippen LogP contribution < -0.4 is 0 Å². The minimum atomic E-state index is -1.00. The maximum atomic E-state index is 11.1. The minimum Gasteiger partial charge on any atom is -0.468 e. The molecule has 0 aliphatic rings. The van der Waals surface area contributed by atoms with Gasteiger partial charge in [-0.2, -0.15) is 0 Å². The van der Waals surface area contributed by atoms with E-state index in [4.69, 9.17) is 23.2 Å². The third-order valence-electron chi connectivity index (χ3n) is 2.13. The average Bonchev–Trinajstić information content (AvgIpc) is 2.30. The number of benzene rings is 1. The van der Waals surface area contributed by atoms with Gasteiger partial charge in [0.2, 0.25) is 0 Å². The molecule has 0 fully saturated rings. The van der Waals surface area contributed by atoms with Crippen LogP contribution in [0.5, 0.6) is 0 Å². The monoisotopic (exact) mass is 277 g/mol. The number of ether oxygens (including phenoxy) is 1. The van der Waals surface area contributed by atoms with E-state index in [9.17, 15) is 14.9 Å². The molecule has 7 heteroatoms. The zero-order valence-corrected chi connectivity index (χ0v) is 10.4. The van der Waals surface area contributed by atoms with Crippen LogP contribution in [-0.4, -0.2) is 23.4 Å². The molecule has 1 aromatic carbocycles. The Labute approximate surface area is 107 Å². The van der Waals surface area contributed by atoms with Crippen molar-refractivity contribution in [3.63, 3.8) is 0 Å². The highest BCUT2D eigenvalue weighted by atomic mass is 35.5. The van der Waals surface area contributed by atoms with Crippen molar-refractivity contribution in [3.05, 3.63) is 38.9 Å². The van der Waals surface area contributed by atoms with Crippen molar-refractivity contribution >= 4 is 34.9 Å². The number of hydrogen-bond acceptors (Lipinski definition) is 4. The summed E-state index contributed by atoms with van der Waals surface area (Å²) in [4.78, 5) is 21.4. The molecule has 0 amide bonds. The molecule has 0 aliphatic heterocycles. The lowest BCUT2D eigenvalue weighted by Gasteiger charge is -2.09. The van der Waals surface area contributed by atoms with E-state index in [0.29, 0.717) is 0 Å². The van der Waals surface area contributed by atoms with Gasteiger partial charge in [0.25, 0.3) is 5.69 Å². The molecule has 0 N–H and O–H groups in total. The second-order valence-corrected chi connectivity index (χ2v) is 4.12. The van der Waals surface area contributed by atoms with Gasteiger partial charge in [-0.3, -0.25) is 14.9 Å². The van der Waals surface area contributed by atoms with Gasteiger partial charge in [0, 0.05) is 12.5 Å². The SMILES string of the molecule is COC(=O)C(Cl)Cc1c(Cl)cccc1[N+](=O)[O-]. The zero-order chi connectivity index (χ0) is 13.0. The van der Waals surface area contributed by atoms with E-state index in [1.165, 1.54) is 25.3 Å².